The summed E-state index contributed by atoms with van der Waals surface area (Å²) in [6.07, 6.45) is 3.57. The topological polar surface area (TPSA) is 84.3 Å². The second kappa shape index (κ2) is 7.17. The van der Waals surface area contributed by atoms with Gasteiger partial charge in [-0.05, 0) is 51.3 Å². The van der Waals surface area contributed by atoms with Crippen molar-refractivity contribution in [3.05, 3.63) is 33.9 Å². The number of amides is 1. The number of piperidine rings is 1. The summed E-state index contributed by atoms with van der Waals surface area (Å²) in [6, 6.07) is 4.77. The number of anilines is 1. The van der Waals surface area contributed by atoms with Crippen LogP contribution in [-0.2, 0) is 4.79 Å². The average Bonchev–Trinajstić information content (AvgIpc) is 2.48. The molecule has 1 fully saturated rings. The number of nitro groups is 1. The van der Waals surface area contributed by atoms with E-state index in [4.69, 9.17) is 0 Å². The van der Waals surface area contributed by atoms with Crippen molar-refractivity contribution < 1.29 is 9.72 Å². The molecule has 114 valence electrons. The molecule has 1 aliphatic heterocycles. The molecule has 21 heavy (non-hydrogen) atoms. The molecule has 2 N–H and O–H groups in total. The standard InChI is InChI=1S/C15H21N3O3/c1-11-2-4-13(10-14(11)18(20)21)17-15(19)5-3-12-6-8-16-9-7-12/h2,4,10,12,16H,3,5-9H2,1H3,(H,17,19). The van der Waals surface area contributed by atoms with E-state index in [9.17, 15) is 14.9 Å². The van der Waals surface area contributed by atoms with Gasteiger partial charge >= 0.3 is 0 Å². The van der Waals surface area contributed by atoms with Gasteiger partial charge in [0, 0.05) is 23.7 Å². The number of benzene rings is 1. The Labute approximate surface area is 124 Å². The van der Waals surface area contributed by atoms with E-state index in [1.54, 1.807) is 19.1 Å². The maximum absolute atomic E-state index is 11.9. The lowest BCUT2D eigenvalue weighted by Gasteiger charge is -2.22. The van der Waals surface area contributed by atoms with E-state index in [-0.39, 0.29) is 11.6 Å². The number of rotatable bonds is 5. The van der Waals surface area contributed by atoms with Crippen molar-refractivity contribution in [2.24, 2.45) is 5.92 Å². The zero-order valence-electron chi connectivity index (χ0n) is 12.2. The maximum Gasteiger partial charge on any atom is 0.274 e. The number of hydrogen-bond acceptors (Lipinski definition) is 4. The highest BCUT2D eigenvalue weighted by Crippen LogP contribution is 2.23. The van der Waals surface area contributed by atoms with E-state index in [1.807, 2.05) is 0 Å². The lowest BCUT2D eigenvalue weighted by atomic mass is 9.93. The zero-order valence-corrected chi connectivity index (χ0v) is 12.2. The van der Waals surface area contributed by atoms with Gasteiger partial charge in [0.1, 0.15) is 0 Å². The number of carbonyl (C=O) groups is 1. The Hall–Kier alpha value is -1.95. The van der Waals surface area contributed by atoms with Crippen molar-refractivity contribution in [3.63, 3.8) is 0 Å². The minimum atomic E-state index is -0.431. The van der Waals surface area contributed by atoms with Crippen LogP contribution in [0, 0.1) is 23.0 Å². The molecule has 6 nitrogen and oxygen atoms in total. The van der Waals surface area contributed by atoms with Crippen LogP contribution >= 0.6 is 0 Å². The number of hydrogen-bond donors (Lipinski definition) is 2. The van der Waals surface area contributed by atoms with E-state index in [0.717, 1.165) is 32.4 Å². The zero-order chi connectivity index (χ0) is 15.2. The first-order chi connectivity index (χ1) is 10.1. The third kappa shape index (κ3) is 4.53. The summed E-state index contributed by atoms with van der Waals surface area (Å²) in [5.74, 6) is 0.524. The van der Waals surface area contributed by atoms with Gasteiger partial charge in [0.2, 0.25) is 5.91 Å². The van der Waals surface area contributed by atoms with Crippen LogP contribution in [0.4, 0.5) is 11.4 Å². The molecule has 1 aromatic rings. The molecule has 1 saturated heterocycles. The molecular weight excluding hydrogens is 270 g/mol. The van der Waals surface area contributed by atoms with Gasteiger partial charge < -0.3 is 10.6 Å². The highest BCUT2D eigenvalue weighted by molar-refractivity contribution is 5.91. The van der Waals surface area contributed by atoms with Crippen molar-refractivity contribution in [2.75, 3.05) is 18.4 Å². The number of nitrogens with zero attached hydrogens (tertiary/aromatic N) is 1. The van der Waals surface area contributed by atoms with Crippen LogP contribution in [0.1, 0.15) is 31.2 Å². The SMILES string of the molecule is Cc1ccc(NC(=O)CCC2CCNCC2)cc1[N+](=O)[O-]. The van der Waals surface area contributed by atoms with Gasteiger partial charge in [-0.3, -0.25) is 14.9 Å². The minimum absolute atomic E-state index is 0.0335. The molecule has 0 unspecified atom stereocenters. The third-order valence-corrected chi connectivity index (χ3v) is 3.93. The predicted octanol–water partition coefficient (Wildman–Crippen LogP) is 2.62. The summed E-state index contributed by atoms with van der Waals surface area (Å²) < 4.78 is 0. The molecule has 0 spiro atoms. The van der Waals surface area contributed by atoms with E-state index < -0.39 is 4.92 Å². The Bertz CT molecular complexity index is 525. The Morgan fingerprint density at radius 2 is 2.14 bits per heavy atom. The summed E-state index contributed by atoms with van der Waals surface area (Å²) in [5, 5.41) is 16.9. The highest BCUT2D eigenvalue weighted by Gasteiger charge is 2.16. The van der Waals surface area contributed by atoms with E-state index in [2.05, 4.69) is 10.6 Å². The van der Waals surface area contributed by atoms with Gasteiger partial charge in [-0.15, -0.1) is 0 Å². The van der Waals surface area contributed by atoms with Gasteiger partial charge in [0.05, 0.1) is 4.92 Å². The minimum Gasteiger partial charge on any atom is -0.326 e. The summed E-state index contributed by atoms with van der Waals surface area (Å²) in [5.41, 5.74) is 1.11. The summed E-state index contributed by atoms with van der Waals surface area (Å²) >= 11 is 0. The van der Waals surface area contributed by atoms with Gasteiger partial charge in [0.25, 0.3) is 5.69 Å². The second-order valence-electron chi connectivity index (χ2n) is 5.54. The molecule has 0 atom stereocenters. The van der Waals surface area contributed by atoms with Gasteiger partial charge in [-0.2, -0.15) is 0 Å². The Kier molecular flexibility index (Phi) is 5.27. The van der Waals surface area contributed by atoms with Crippen LogP contribution in [0.5, 0.6) is 0 Å². The first kappa shape index (κ1) is 15.4. The molecule has 0 radical (unpaired) electrons. The normalized spacial score (nSPS) is 15.7. The second-order valence-corrected chi connectivity index (χ2v) is 5.54. The Morgan fingerprint density at radius 3 is 2.81 bits per heavy atom. The predicted molar refractivity (Wildman–Crippen MR) is 81.3 cm³/mol. The number of nitrogens with one attached hydrogen (secondary N) is 2. The first-order valence-electron chi connectivity index (χ1n) is 7.32. The molecule has 0 saturated carbocycles. The van der Waals surface area contributed by atoms with Crippen LogP contribution < -0.4 is 10.6 Å². The molecular formula is C15H21N3O3. The molecule has 1 aliphatic rings. The molecule has 2 rings (SSSR count). The lowest BCUT2D eigenvalue weighted by Crippen LogP contribution is -2.28. The van der Waals surface area contributed by atoms with Gasteiger partial charge in [0.15, 0.2) is 0 Å². The van der Waals surface area contributed by atoms with Gasteiger partial charge in [-0.1, -0.05) is 6.07 Å². The summed E-state index contributed by atoms with van der Waals surface area (Å²) in [6.45, 7) is 3.73. The van der Waals surface area contributed by atoms with Crippen LogP contribution in [0.15, 0.2) is 18.2 Å². The number of nitro benzene ring substituents is 1. The molecule has 1 aromatic carbocycles. The van der Waals surface area contributed by atoms with E-state index in [0.29, 0.717) is 23.6 Å². The Morgan fingerprint density at radius 1 is 1.43 bits per heavy atom. The molecule has 1 heterocycles. The first-order valence-corrected chi connectivity index (χ1v) is 7.32. The number of carbonyl (C=O) groups excluding carboxylic acids is 1. The maximum atomic E-state index is 11.9. The average molecular weight is 291 g/mol. The third-order valence-electron chi connectivity index (χ3n) is 3.93. The molecule has 0 aliphatic carbocycles. The van der Waals surface area contributed by atoms with Crippen molar-refractivity contribution in [1.82, 2.24) is 5.32 Å². The quantitative estimate of drug-likeness (QED) is 0.645. The smallest absolute Gasteiger partial charge is 0.274 e. The highest BCUT2D eigenvalue weighted by atomic mass is 16.6. The van der Waals surface area contributed by atoms with E-state index in [1.165, 1.54) is 6.07 Å². The summed E-state index contributed by atoms with van der Waals surface area (Å²) in [7, 11) is 0. The molecule has 1 amide bonds. The van der Waals surface area contributed by atoms with Crippen molar-refractivity contribution in [2.45, 2.75) is 32.6 Å². The lowest BCUT2D eigenvalue weighted by molar-refractivity contribution is -0.385. The van der Waals surface area contributed by atoms with Crippen LogP contribution in [0.25, 0.3) is 0 Å². The number of aryl methyl sites for hydroxylation is 1. The van der Waals surface area contributed by atoms with Crippen molar-refractivity contribution in [3.8, 4) is 0 Å². The van der Waals surface area contributed by atoms with Crippen molar-refractivity contribution >= 4 is 17.3 Å². The van der Waals surface area contributed by atoms with Gasteiger partial charge in [-0.25, -0.2) is 0 Å². The Balaban J connectivity index is 1.87. The molecule has 0 aromatic heterocycles. The molecule has 6 heteroatoms. The fourth-order valence-electron chi connectivity index (χ4n) is 2.61. The summed E-state index contributed by atoms with van der Waals surface area (Å²) in [4.78, 5) is 22.4. The monoisotopic (exact) mass is 291 g/mol. The fraction of sp³-hybridized carbons (Fsp3) is 0.533. The van der Waals surface area contributed by atoms with E-state index >= 15 is 0 Å². The van der Waals surface area contributed by atoms with Crippen LogP contribution in [0.2, 0.25) is 0 Å². The molecule has 0 bridgehead atoms. The van der Waals surface area contributed by atoms with Crippen LogP contribution in [0.3, 0.4) is 0 Å². The fourth-order valence-corrected chi connectivity index (χ4v) is 2.61. The van der Waals surface area contributed by atoms with Crippen LogP contribution in [-0.4, -0.2) is 23.9 Å². The largest absolute Gasteiger partial charge is 0.326 e. The van der Waals surface area contributed by atoms with Crippen molar-refractivity contribution in [1.29, 1.82) is 0 Å².